The van der Waals surface area contributed by atoms with Gasteiger partial charge < -0.3 is 15.4 Å². The Labute approximate surface area is 210 Å². The fourth-order valence-electron chi connectivity index (χ4n) is 4.62. The molecule has 3 aromatic rings. The van der Waals surface area contributed by atoms with Crippen molar-refractivity contribution in [3.63, 3.8) is 0 Å². The molecule has 0 aliphatic carbocycles. The quantitative estimate of drug-likeness (QED) is 0.355. The van der Waals surface area contributed by atoms with Crippen LogP contribution in [0.5, 0.6) is 0 Å². The molecule has 2 N–H and O–H groups in total. The first-order valence-corrected chi connectivity index (χ1v) is 11.9. The van der Waals surface area contributed by atoms with Crippen LogP contribution in [-0.2, 0) is 20.7 Å². The predicted molar refractivity (Wildman–Crippen MR) is 137 cm³/mol. The summed E-state index contributed by atoms with van der Waals surface area (Å²) in [6.45, 7) is 3.83. The lowest BCUT2D eigenvalue weighted by molar-refractivity contribution is -0.163. The number of anilines is 1. The van der Waals surface area contributed by atoms with Gasteiger partial charge in [-0.25, -0.2) is 0 Å². The number of allylic oxidation sites excluding steroid dienone is 2. The zero-order chi connectivity index (χ0) is 24.8. The second kappa shape index (κ2) is 10.7. The molecule has 2 aromatic carbocycles. The lowest BCUT2D eigenvalue weighted by Crippen LogP contribution is -2.61. The second-order valence-corrected chi connectivity index (χ2v) is 9.02. The summed E-state index contributed by atoms with van der Waals surface area (Å²) in [6, 6.07) is 21.4. The van der Waals surface area contributed by atoms with Gasteiger partial charge in [0.15, 0.2) is 5.41 Å². The van der Waals surface area contributed by atoms with Crippen LogP contribution in [0.4, 0.5) is 5.69 Å². The Hall–Kier alpha value is -3.64. The van der Waals surface area contributed by atoms with Gasteiger partial charge in [-0.2, -0.15) is 0 Å². The number of benzene rings is 2. The van der Waals surface area contributed by atoms with Gasteiger partial charge in [0.25, 0.3) is 0 Å². The van der Waals surface area contributed by atoms with Gasteiger partial charge in [-0.1, -0.05) is 60.1 Å². The van der Waals surface area contributed by atoms with E-state index in [1.807, 2.05) is 74.5 Å². The van der Waals surface area contributed by atoms with Crippen LogP contribution in [0.2, 0.25) is 5.02 Å². The summed E-state index contributed by atoms with van der Waals surface area (Å²) in [5.41, 5.74) is 1.33. The Kier molecular flexibility index (Phi) is 7.51. The number of hydrogen-bond donors (Lipinski definition) is 2. The van der Waals surface area contributed by atoms with Crippen LogP contribution >= 0.6 is 11.6 Å². The normalized spacial score (nSPS) is 21.4. The van der Waals surface area contributed by atoms with Crippen LogP contribution in [0.25, 0.3) is 0 Å². The number of hydrogen-bond acceptors (Lipinski definition) is 5. The summed E-state index contributed by atoms with van der Waals surface area (Å²) >= 11 is 6.59. The number of carbonyl (C=O) groups is 2. The Morgan fingerprint density at radius 1 is 1.06 bits per heavy atom. The second-order valence-electron chi connectivity index (χ2n) is 8.61. The number of halogens is 1. The van der Waals surface area contributed by atoms with E-state index >= 15 is 0 Å². The van der Waals surface area contributed by atoms with E-state index in [2.05, 4.69) is 15.6 Å². The van der Waals surface area contributed by atoms with Crippen LogP contribution in [0.3, 0.4) is 0 Å². The minimum absolute atomic E-state index is 0.0981. The van der Waals surface area contributed by atoms with Crippen molar-refractivity contribution < 1.29 is 14.3 Å². The average Bonchev–Trinajstić information content (AvgIpc) is 2.85. The molecule has 1 amide bonds. The molecule has 0 bridgehead atoms. The number of esters is 1. The maximum Gasteiger partial charge on any atom is 0.324 e. The van der Waals surface area contributed by atoms with Crippen LogP contribution in [-0.4, -0.2) is 29.5 Å². The van der Waals surface area contributed by atoms with E-state index in [1.54, 1.807) is 24.4 Å². The van der Waals surface area contributed by atoms with Crippen LogP contribution in [0, 0.1) is 5.41 Å². The molecular formula is C28H28ClN3O3. The summed E-state index contributed by atoms with van der Waals surface area (Å²) in [4.78, 5) is 32.3. The van der Waals surface area contributed by atoms with Gasteiger partial charge in [-0.3, -0.25) is 14.6 Å². The highest BCUT2D eigenvalue weighted by Crippen LogP contribution is 2.47. The van der Waals surface area contributed by atoms with E-state index in [0.29, 0.717) is 22.7 Å². The van der Waals surface area contributed by atoms with Crippen molar-refractivity contribution in [2.24, 2.45) is 5.41 Å². The van der Waals surface area contributed by atoms with E-state index in [1.165, 1.54) is 0 Å². The van der Waals surface area contributed by atoms with E-state index < -0.39 is 29.3 Å². The minimum atomic E-state index is -1.61. The van der Waals surface area contributed by atoms with Crippen molar-refractivity contribution in [2.45, 2.75) is 32.2 Å². The van der Waals surface area contributed by atoms with E-state index in [-0.39, 0.29) is 6.61 Å². The topological polar surface area (TPSA) is 80.3 Å². The molecule has 6 nitrogen and oxygen atoms in total. The molecule has 180 valence electrons. The smallest absolute Gasteiger partial charge is 0.324 e. The first-order chi connectivity index (χ1) is 16.9. The molecule has 3 atom stereocenters. The zero-order valence-corrected chi connectivity index (χ0v) is 20.5. The molecule has 4 rings (SSSR count). The standard InChI is InChI=1S/C28H28ClN3O3/c1-19-18-24(23-13-6-7-14-25(23)29)28(20(2)31-19,26(33)32-22-11-4-3-5-12-22)27(34)35-17-15-21-10-8-9-16-30-21/h3-14,16,18,20,24,31H,15,17H2,1-2H3,(H,32,33). The number of nitrogens with one attached hydrogen (secondary N) is 2. The first-order valence-electron chi connectivity index (χ1n) is 11.6. The lowest BCUT2D eigenvalue weighted by Gasteiger charge is -2.44. The van der Waals surface area contributed by atoms with Gasteiger partial charge in [-0.05, 0) is 49.7 Å². The van der Waals surface area contributed by atoms with Crippen molar-refractivity contribution in [3.05, 3.63) is 107 Å². The minimum Gasteiger partial charge on any atom is -0.464 e. The third-order valence-electron chi connectivity index (χ3n) is 6.34. The molecular weight excluding hydrogens is 462 g/mol. The van der Waals surface area contributed by atoms with E-state index in [9.17, 15) is 9.59 Å². The van der Waals surface area contributed by atoms with Gasteiger partial charge >= 0.3 is 5.97 Å². The van der Waals surface area contributed by atoms with E-state index in [0.717, 1.165) is 11.4 Å². The predicted octanol–water partition coefficient (Wildman–Crippen LogP) is 5.13. The first kappa shape index (κ1) is 24.5. The zero-order valence-electron chi connectivity index (χ0n) is 19.7. The maximum absolute atomic E-state index is 14.0. The van der Waals surface area contributed by atoms with Gasteiger partial charge in [-0.15, -0.1) is 0 Å². The number of ether oxygens (including phenoxy) is 1. The van der Waals surface area contributed by atoms with Gasteiger partial charge in [0.2, 0.25) is 5.91 Å². The van der Waals surface area contributed by atoms with Crippen LogP contribution in [0.1, 0.15) is 31.0 Å². The number of carbonyl (C=O) groups excluding carboxylic acids is 2. The van der Waals surface area contributed by atoms with Crippen molar-refractivity contribution >= 4 is 29.2 Å². The molecule has 1 aromatic heterocycles. The molecule has 0 spiro atoms. The Morgan fingerprint density at radius 2 is 1.77 bits per heavy atom. The van der Waals surface area contributed by atoms with Gasteiger partial charge in [0.1, 0.15) is 0 Å². The average molecular weight is 490 g/mol. The van der Waals surface area contributed by atoms with Crippen molar-refractivity contribution in [1.29, 1.82) is 0 Å². The highest BCUT2D eigenvalue weighted by atomic mass is 35.5. The van der Waals surface area contributed by atoms with Crippen molar-refractivity contribution in [2.75, 3.05) is 11.9 Å². The monoisotopic (exact) mass is 489 g/mol. The Bertz CT molecular complexity index is 1220. The number of rotatable bonds is 7. The van der Waals surface area contributed by atoms with Gasteiger partial charge in [0.05, 0.1) is 6.61 Å². The third-order valence-corrected chi connectivity index (χ3v) is 6.68. The lowest BCUT2D eigenvalue weighted by atomic mass is 9.64. The highest BCUT2D eigenvalue weighted by Gasteiger charge is 2.59. The summed E-state index contributed by atoms with van der Waals surface area (Å²) in [5, 5.41) is 6.71. The Balaban J connectivity index is 1.74. The fraction of sp³-hybridized carbons (Fsp3) is 0.250. The molecule has 0 radical (unpaired) electrons. The fourth-order valence-corrected chi connectivity index (χ4v) is 4.87. The van der Waals surface area contributed by atoms with E-state index in [4.69, 9.17) is 16.3 Å². The third kappa shape index (κ3) is 5.08. The summed E-state index contributed by atoms with van der Waals surface area (Å²) in [5.74, 6) is -1.71. The molecule has 3 unspecified atom stereocenters. The largest absolute Gasteiger partial charge is 0.464 e. The molecule has 1 aliphatic heterocycles. The molecule has 7 heteroatoms. The van der Waals surface area contributed by atoms with Gasteiger partial charge in [0, 0.05) is 46.7 Å². The van der Waals surface area contributed by atoms with Crippen molar-refractivity contribution in [1.82, 2.24) is 10.3 Å². The number of nitrogens with zero attached hydrogens (tertiary/aromatic N) is 1. The maximum atomic E-state index is 14.0. The number of para-hydroxylation sites is 1. The summed E-state index contributed by atoms with van der Waals surface area (Å²) in [7, 11) is 0. The number of pyridine rings is 1. The summed E-state index contributed by atoms with van der Waals surface area (Å²) < 4.78 is 5.79. The molecule has 2 heterocycles. The highest BCUT2D eigenvalue weighted by molar-refractivity contribution is 6.31. The summed E-state index contributed by atoms with van der Waals surface area (Å²) in [6.07, 6.45) is 4.02. The SMILES string of the molecule is CC1=CC(c2ccccc2Cl)C(C(=O)Nc2ccccc2)(C(=O)OCCc2ccccn2)C(C)N1. The van der Waals surface area contributed by atoms with Crippen LogP contribution < -0.4 is 10.6 Å². The molecule has 0 saturated heterocycles. The molecule has 0 fully saturated rings. The molecule has 0 saturated carbocycles. The molecule has 35 heavy (non-hydrogen) atoms. The van der Waals surface area contributed by atoms with Crippen molar-refractivity contribution in [3.8, 4) is 0 Å². The molecule has 1 aliphatic rings. The number of amides is 1. The van der Waals surface area contributed by atoms with Crippen LogP contribution in [0.15, 0.2) is 90.8 Å². The Morgan fingerprint density at radius 3 is 2.49 bits per heavy atom. The number of aromatic nitrogens is 1.